The van der Waals surface area contributed by atoms with Crippen LogP contribution in [-0.2, 0) is 14.3 Å². The summed E-state index contributed by atoms with van der Waals surface area (Å²) in [6.07, 6.45) is 1.47. The first-order chi connectivity index (χ1) is 9.61. The van der Waals surface area contributed by atoms with Crippen LogP contribution in [0.4, 0.5) is 0 Å². The second-order valence-electron chi connectivity index (χ2n) is 4.87. The molecular formula is C15H19NO4. The predicted octanol–water partition coefficient (Wildman–Crippen LogP) is 1.54. The number of aryl methyl sites for hydroxylation is 1. The van der Waals surface area contributed by atoms with Gasteiger partial charge in [-0.1, -0.05) is 12.1 Å². The minimum absolute atomic E-state index is 0.0586. The third-order valence-corrected chi connectivity index (χ3v) is 3.40. The fourth-order valence-corrected chi connectivity index (χ4v) is 2.38. The third kappa shape index (κ3) is 3.29. The van der Waals surface area contributed by atoms with Crippen LogP contribution in [0.25, 0.3) is 0 Å². The molecule has 0 aliphatic carbocycles. The molecule has 1 heterocycles. The largest absolute Gasteiger partial charge is 0.484 e. The molecule has 1 atom stereocenters. The highest BCUT2D eigenvalue weighted by Crippen LogP contribution is 2.19. The Hall–Kier alpha value is -2.04. The molecular weight excluding hydrogens is 258 g/mol. The lowest BCUT2D eigenvalue weighted by atomic mass is 10.2. The van der Waals surface area contributed by atoms with Crippen LogP contribution in [0.5, 0.6) is 5.75 Å². The lowest BCUT2D eigenvalue weighted by Crippen LogP contribution is -2.43. The predicted molar refractivity (Wildman–Crippen MR) is 73.4 cm³/mol. The van der Waals surface area contributed by atoms with Gasteiger partial charge in [0, 0.05) is 6.54 Å². The normalized spacial score (nSPS) is 17.9. The highest BCUT2D eigenvalue weighted by molar-refractivity contribution is 5.85. The standard InChI is InChI=1S/C15H19NO4/c1-11-5-3-6-12(9-11)20-10-14(17)16-8-4-7-13(16)15(18)19-2/h3,5-6,9,13H,4,7-8,10H2,1-2H3. The summed E-state index contributed by atoms with van der Waals surface area (Å²) in [7, 11) is 1.34. The van der Waals surface area contributed by atoms with Crippen molar-refractivity contribution in [1.29, 1.82) is 0 Å². The van der Waals surface area contributed by atoms with Gasteiger partial charge in [-0.2, -0.15) is 0 Å². The van der Waals surface area contributed by atoms with E-state index in [1.165, 1.54) is 7.11 Å². The lowest BCUT2D eigenvalue weighted by molar-refractivity contribution is -0.151. The monoisotopic (exact) mass is 277 g/mol. The molecule has 1 aliphatic rings. The molecule has 0 bridgehead atoms. The number of nitrogens with zero attached hydrogens (tertiary/aromatic N) is 1. The molecule has 1 amide bonds. The lowest BCUT2D eigenvalue weighted by Gasteiger charge is -2.22. The Balaban J connectivity index is 1.93. The number of esters is 1. The van der Waals surface area contributed by atoms with E-state index in [1.807, 2.05) is 31.2 Å². The number of methoxy groups -OCH3 is 1. The molecule has 1 unspecified atom stereocenters. The topological polar surface area (TPSA) is 55.8 Å². The van der Waals surface area contributed by atoms with Crippen molar-refractivity contribution >= 4 is 11.9 Å². The molecule has 0 N–H and O–H groups in total. The molecule has 2 rings (SSSR count). The van der Waals surface area contributed by atoms with Crippen LogP contribution in [0, 0.1) is 6.92 Å². The van der Waals surface area contributed by atoms with E-state index in [4.69, 9.17) is 9.47 Å². The Morgan fingerprint density at radius 2 is 2.20 bits per heavy atom. The molecule has 1 aromatic carbocycles. The van der Waals surface area contributed by atoms with Gasteiger partial charge < -0.3 is 14.4 Å². The quantitative estimate of drug-likeness (QED) is 0.783. The second-order valence-corrected chi connectivity index (χ2v) is 4.87. The highest BCUT2D eigenvalue weighted by atomic mass is 16.5. The SMILES string of the molecule is COC(=O)C1CCCN1C(=O)COc1cccc(C)c1. The first kappa shape index (κ1) is 14.4. The van der Waals surface area contributed by atoms with Crippen molar-refractivity contribution in [3.05, 3.63) is 29.8 Å². The molecule has 1 saturated heterocycles. The molecule has 0 saturated carbocycles. The Labute approximate surface area is 118 Å². The van der Waals surface area contributed by atoms with Crippen LogP contribution in [0.1, 0.15) is 18.4 Å². The Kier molecular flexibility index (Phi) is 4.61. The van der Waals surface area contributed by atoms with Crippen LogP contribution in [-0.4, -0.2) is 43.1 Å². The number of rotatable bonds is 4. The zero-order valence-corrected chi connectivity index (χ0v) is 11.8. The smallest absolute Gasteiger partial charge is 0.328 e. The van der Waals surface area contributed by atoms with Crippen molar-refractivity contribution in [2.45, 2.75) is 25.8 Å². The molecule has 1 fully saturated rings. The summed E-state index contributed by atoms with van der Waals surface area (Å²) in [5, 5.41) is 0. The van der Waals surface area contributed by atoms with E-state index in [0.29, 0.717) is 18.7 Å². The molecule has 108 valence electrons. The summed E-state index contributed by atoms with van der Waals surface area (Å²) in [4.78, 5) is 25.3. The summed E-state index contributed by atoms with van der Waals surface area (Å²) < 4.78 is 10.2. The molecule has 20 heavy (non-hydrogen) atoms. The van der Waals surface area contributed by atoms with Gasteiger partial charge in [-0.05, 0) is 37.5 Å². The second kappa shape index (κ2) is 6.41. The Bertz CT molecular complexity index is 500. The number of hydrogen-bond donors (Lipinski definition) is 0. The van der Waals surface area contributed by atoms with E-state index in [9.17, 15) is 9.59 Å². The minimum atomic E-state index is -0.464. The Morgan fingerprint density at radius 1 is 1.40 bits per heavy atom. The van der Waals surface area contributed by atoms with Crippen molar-refractivity contribution in [3.8, 4) is 5.75 Å². The fourth-order valence-electron chi connectivity index (χ4n) is 2.38. The van der Waals surface area contributed by atoms with E-state index in [2.05, 4.69) is 0 Å². The molecule has 0 aromatic heterocycles. The van der Waals surface area contributed by atoms with Gasteiger partial charge in [-0.25, -0.2) is 4.79 Å². The number of hydrogen-bond acceptors (Lipinski definition) is 4. The van der Waals surface area contributed by atoms with Crippen LogP contribution in [0.2, 0.25) is 0 Å². The van der Waals surface area contributed by atoms with E-state index < -0.39 is 6.04 Å². The maximum atomic E-state index is 12.1. The van der Waals surface area contributed by atoms with E-state index in [0.717, 1.165) is 12.0 Å². The van der Waals surface area contributed by atoms with Gasteiger partial charge in [0.1, 0.15) is 11.8 Å². The molecule has 0 spiro atoms. The third-order valence-electron chi connectivity index (χ3n) is 3.40. The first-order valence-corrected chi connectivity index (χ1v) is 6.68. The Morgan fingerprint density at radius 3 is 2.90 bits per heavy atom. The van der Waals surface area contributed by atoms with Crippen molar-refractivity contribution in [2.24, 2.45) is 0 Å². The van der Waals surface area contributed by atoms with Crippen molar-refractivity contribution < 1.29 is 19.1 Å². The number of carbonyl (C=O) groups excluding carboxylic acids is 2. The van der Waals surface area contributed by atoms with Crippen molar-refractivity contribution in [1.82, 2.24) is 4.90 Å². The van der Waals surface area contributed by atoms with Crippen LogP contribution >= 0.6 is 0 Å². The van der Waals surface area contributed by atoms with Crippen LogP contribution in [0.15, 0.2) is 24.3 Å². The van der Waals surface area contributed by atoms with Gasteiger partial charge in [-0.15, -0.1) is 0 Å². The van der Waals surface area contributed by atoms with Crippen molar-refractivity contribution in [2.75, 3.05) is 20.3 Å². The highest BCUT2D eigenvalue weighted by Gasteiger charge is 2.34. The zero-order valence-electron chi connectivity index (χ0n) is 11.8. The summed E-state index contributed by atoms with van der Waals surface area (Å²) in [6.45, 7) is 2.48. The summed E-state index contributed by atoms with van der Waals surface area (Å²) in [6, 6.07) is 7.05. The average molecular weight is 277 g/mol. The summed E-state index contributed by atoms with van der Waals surface area (Å²) in [5.74, 6) is 0.123. The zero-order chi connectivity index (χ0) is 14.5. The van der Waals surface area contributed by atoms with E-state index >= 15 is 0 Å². The van der Waals surface area contributed by atoms with Crippen LogP contribution in [0.3, 0.4) is 0 Å². The minimum Gasteiger partial charge on any atom is -0.484 e. The molecule has 1 aliphatic heterocycles. The maximum Gasteiger partial charge on any atom is 0.328 e. The first-order valence-electron chi connectivity index (χ1n) is 6.68. The van der Waals surface area contributed by atoms with Crippen molar-refractivity contribution in [3.63, 3.8) is 0 Å². The van der Waals surface area contributed by atoms with E-state index in [-0.39, 0.29) is 18.5 Å². The molecule has 5 heteroatoms. The molecule has 0 radical (unpaired) electrons. The van der Waals surface area contributed by atoms with Gasteiger partial charge >= 0.3 is 5.97 Å². The number of likely N-dealkylation sites (tertiary alicyclic amines) is 1. The fraction of sp³-hybridized carbons (Fsp3) is 0.467. The van der Waals surface area contributed by atoms with Gasteiger partial charge in [0.25, 0.3) is 5.91 Å². The number of benzene rings is 1. The van der Waals surface area contributed by atoms with Crippen LogP contribution < -0.4 is 4.74 Å². The number of amides is 1. The summed E-state index contributed by atoms with van der Waals surface area (Å²) >= 11 is 0. The van der Waals surface area contributed by atoms with Gasteiger partial charge in [0.2, 0.25) is 0 Å². The van der Waals surface area contributed by atoms with Gasteiger partial charge in [-0.3, -0.25) is 4.79 Å². The molecule has 1 aromatic rings. The van der Waals surface area contributed by atoms with E-state index in [1.54, 1.807) is 4.90 Å². The van der Waals surface area contributed by atoms with Gasteiger partial charge in [0.05, 0.1) is 7.11 Å². The van der Waals surface area contributed by atoms with Gasteiger partial charge in [0.15, 0.2) is 6.61 Å². The molecule has 5 nitrogen and oxygen atoms in total. The number of carbonyl (C=O) groups is 2. The summed E-state index contributed by atoms with van der Waals surface area (Å²) in [5.41, 5.74) is 1.07. The average Bonchev–Trinajstić information content (AvgIpc) is 2.93. The number of ether oxygens (including phenoxy) is 2. The maximum absolute atomic E-state index is 12.1.